The maximum Gasteiger partial charge on any atom is 0.229 e. The average Bonchev–Trinajstić information content (AvgIpc) is 2.73. The van der Waals surface area contributed by atoms with Gasteiger partial charge in [0.1, 0.15) is 5.82 Å². The average molecular weight is 389 g/mol. The Bertz CT molecular complexity index is 1100. The van der Waals surface area contributed by atoms with Crippen molar-refractivity contribution in [3.8, 4) is 0 Å². The third-order valence-corrected chi connectivity index (χ3v) is 4.84. The minimum Gasteiger partial charge on any atom is -0.365 e. The van der Waals surface area contributed by atoms with Gasteiger partial charge in [0.2, 0.25) is 5.95 Å². The predicted molar refractivity (Wildman–Crippen MR) is 117 cm³/mol. The number of benzene rings is 3. The van der Waals surface area contributed by atoms with Crippen molar-refractivity contribution in [2.24, 2.45) is 0 Å². The number of halogens is 1. The predicted octanol–water partition coefficient (Wildman–Crippen LogP) is 6.20. The number of aromatic nitrogens is 2. The van der Waals surface area contributed by atoms with Gasteiger partial charge in [-0.2, -0.15) is 4.98 Å². The van der Waals surface area contributed by atoms with Gasteiger partial charge in [-0.15, -0.1) is 0 Å². The Morgan fingerprint density at radius 3 is 2.50 bits per heavy atom. The minimum absolute atomic E-state index is 0.547. The maximum absolute atomic E-state index is 6.19. The van der Waals surface area contributed by atoms with E-state index < -0.39 is 0 Å². The van der Waals surface area contributed by atoms with Crippen LogP contribution in [0, 0.1) is 0 Å². The van der Waals surface area contributed by atoms with Crippen LogP contribution < -0.4 is 10.6 Å². The number of fused-ring (bicyclic) bond motifs is 1. The van der Waals surface area contributed by atoms with Crippen LogP contribution in [0.4, 0.5) is 17.5 Å². The molecule has 0 saturated heterocycles. The van der Waals surface area contributed by atoms with Crippen molar-refractivity contribution < 1.29 is 0 Å². The Kier molecular flexibility index (Phi) is 5.40. The Morgan fingerprint density at radius 1 is 0.893 bits per heavy atom. The maximum atomic E-state index is 6.19. The van der Waals surface area contributed by atoms with Crippen LogP contribution in [0.3, 0.4) is 0 Å². The van der Waals surface area contributed by atoms with E-state index in [0.717, 1.165) is 28.8 Å². The molecule has 3 aromatic carbocycles. The van der Waals surface area contributed by atoms with E-state index >= 15 is 0 Å². The molecule has 0 unspecified atom stereocenters. The molecule has 5 heteroatoms. The molecule has 1 heterocycles. The highest BCUT2D eigenvalue weighted by Crippen LogP contribution is 2.27. The normalized spacial score (nSPS) is 10.8. The summed E-state index contributed by atoms with van der Waals surface area (Å²) in [4.78, 5) is 9.43. The Balaban J connectivity index is 1.69. The van der Waals surface area contributed by atoms with Crippen LogP contribution in [-0.4, -0.2) is 9.97 Å². The van der Waals surface area contributed by atoms with Crippen LogP contribution in [0.1, 0.15) is 18.1 Å². The molecule has 28 heavy (non-hydrogen) atoms. The standard InChI is InChI=1S/C23H21ClN4/c1-2-17-12-13-18(24)14-21(17)27-23-26-20-11-7-6-10-19(20)22(28-23)25-15-16-8-4-3-5-9-16/h3-14H,2,15H2,1H3,(H2,25,26,27,28). The van der Waals surface area contributed by atoms with Gasteiger partial charge in [0.05, 0.1) is 5.52 Å². The molecule has 140 valence electrons. The molecule has 0 spiro atoms. The largest absolute Gasteiger partial charge is 0.365 e. The summed E-state index contributed by atoms with van der Waals surface area (Å²) in [7, 11) is 0. The SMILES string of the molecule is CCc1ccc(Cl)cc1Nc1nc(NCc2ccccc2)c2ccccc2n1. The topological polar surface area (TPSA) is 49.8 Å². The van der Waals surface area contributed by atoms with Crippen molar-refractivity contribution in [3.05, 3.63) is 88.9 Å². The zero-order valence-electron chi connectivity index (χ0n) is 15.6. The van der Waals surface area contributed by atoms with Crippen molar-refractivity contribution in [1.82, 2.24) is 9.97 Å². The number of nitrogens with one attached hydrogen (secondary N) is 2. The molecule has 0 amide bonds. The van der Waals surface area contributed by atoms with Gasteiger partial charge >= 0.3 is 0 Å². The van der Waals surface area contributed by atoms with E-state index in [1.54, 1.807) is 0 Å². The first kappa shape index (κ1) is 18.3. The molecule has 4 aromatic rings. The van der Waals surface area contributed by atoms with Gasteiger partial charge in [-0.05, 0) is 41.8 Å². The fourth-order valence-electron chi connectivity index (χ4n) is 3.14. The molecule has 0 radical (unpaired) electrons. The fraction of sp³-hybridized carbons (Fsp3) is 0.130. The van der Waals surface area contributed by atoms with E-state index in [2.05, 4.69) is 34.7 Å². The number of rotatable bonds is 6. The van der Waals surface area contributed by atoms with Crippen molar-refractivity contribution in [2.45, 2.75) is 19.9 Å². The monoisotopic (exact) mass is 388 g/mol. The van der Waals surface area contributed by atoms with Gasteiger partial charge < -0.3 is 10.6 Å². The van der Waals surface area contributed by atoms with Crippen LogP contribution in [-0.2, 0) is 13.0 Å². The summed E-state index contributed by atoms with van der Waals surface area (Å²) >= 11 is 6.19. The van der Waals surface area contributed by atoms with Crippen molar-refractivity contribution in [3.63, 3.8) is 0 Å². The van der Waals surface area contributed by atoms with E-state index in [1.165, 1.54) is 11.1 Å². The van der Waals surface area contributed by atoms with Gasteiger partial charge in [0.25, 0.3) is 0 Å². The smallest absolute Gasteiger partial charge is 0.229 e. The molecule has 1 aromatic heterocycles. The first-order chi connectivity index (χ1) is 13.7. The summed E-state index contributed by atoms with van der Waals surface area (Å²) in [6, 6.07) is 24.1. The lowest BCUT2D eigenvalue weighted by Crippen LogP contribution is -2.06. The molecule has 2 N–H and O–H groups in total. The van der Waals surface area contributed by atoms with Gasteiger partial charge in [0.15, 0.2) is 0 Å². The van der Waals surface area contributed by atoms with Gasteiger partial charge in [-0.25, -0.2) is 4.98 Å². The molecule has 4 nitrogen and oxygen atoms in total. The first-order valence-corrected chi connectivity index (χ1v) is 9.71. The lowest BCUT2D eigenvalue weighted by Gasteiger charge is -2.14. The van der Waals surface area contributed by atoms with Crippen molar-refractivity contribution in [1.29, 1.82) is 0 Å². The number of anilines is 3. The zero-order valence-corrected chi connectivity index (χ0v) is 16.4. The highest BCUT2D eigenvalue weighted by molar-refractivity contribution is 6.30. The Hall–Kier alpha value is -3.11. The van der Waals surface area contributed by atoms with E-state index in [9.17, 15) is 0 Å². The van der Waals surface area contributed by atoms with E-state index in [1.807, 2.05) is 60.7 Å². The second-order valence-corrected chi connectivity index (χ2v) is 6.97. The second kappa shape index (κ2) is 8.28. The van der Waals surface area contributed by atoms with Gasteiger partial charge in [-0.1, -0.05) is 67.1 Å². The van der Waals surface area contributed by atoms with Gasteiger partial charge in [0, 0.05) is 22.6 Å². The molecule has 0 fully saturated rings. The molecule has 0 atom stereocenters. The van der Waals surface area contributed by atoms with Crippen LogP contribution in [0.25, 0.3) is 10.9 Å². The third-order valence-electron chi connectivity index (χ3n) is 4.61. The van der Waals surface area contributed by atoms with E-state index in [4.69, 9.17) is 16.6 Å². The number of hydrogen-bond donors (Lipinski definition) is 2. The second-order valence-electron chi connectivity index (χ2n) is 6.53. The van der Waals surface area contributed by atoms with E-state index in [0.29, 0.717) is 17.5 Å². The van der Waals surface area contributed by atoms with Crippen molar-refractivity contribution in [2.75, 3.05) is 10.6 Å². The Labute approximate surface area is 169 Å². The molecule has 0 aliphatic rings. The highest BCUT2D eigenvalue weighted by Gasteiger charge is 2.10. The summed E-state index contributed by atoms with van der Waals surface area (Å²) in [6.07, 6.45) is 0.895. The van der Waals surface area contributed by atoms with Crippen LogP contribution >= 0.6 is 11.6 Å². The summed E-state index contributed by atoms with van der Waals surface area (Å²) in [6.45, 7) is 2.81. The van der Waals surface area contributed by atoms with Crippen LogP contribution in [0.15, 0.2) is 72.8 Å². The van der Waals surface area contributed by atoms with Crippen LogP contribution in [0.5, 0.6) is 0 Å². The molecular weight excluding hydrogens is 368 g/mol. The Morgan fingerprint density at radius 2 is 1.68 bits per heavy atom. The number of nitrogens with zero attached hydrogens (tertiary/aromatic N) is 2. The number of aryl methyl sites for hydroxylation is 1. The quantitative estimate of drug-likeness (QED) is 0.412. The van der Waals surface area contributed by atoms with Crippen LogP contribution in [0.2, 0.25) is 5.02 Å². The lowest BCUT2D eigenvalue weighted by molar-refractivity contribution is 1.10. The fourth-order valence-corrected chi connectivity index (χ4v) is 3.31. The minimum atomic E-state index is 0.547. The van der Waals surface area contributed by atoms with Crippen molar-refractivity contribution >= 4 is 40.0 Å². The highest BCUT2D eigenvalue weighted by atomic mass is 35.5. The molecular formula is C23H21ClN4. The van der Waals surface area contributed by atoms with E-state index in [-0.39, 0.29) is 0 Å². The molecule has 0 aliphatic carbocycles. The molecule has 0 aliphatic heterocycles. The van der Waals surface area contributed by atoms with Gasteiger partial charge in [-0.3, -0.25) is 0 Å². The molecule has 0 bridgehead atoms. The molecule has 0 saturated carbocycles. The summed E-state index contributed by atoms with van der Waals surface area (Å²) in [5.41, 5.74) is 4.18. The third kappa shape index (κ3) is 4.07. The number of hydrogen-bond acceptors (Lipinski definition) is 4. The first-order valence-electron chi connectivity index (χ1n) is 9.33. The summed E-state index contributed by atoms with van der Waals surface area (Å²) < 4.78 is 0. The lowest BCUT2D eigenvalue weighted by atomic mass is 10.1. The summed E-state index contributed by atoms with van der Waals surface area (Å²) in [5.74, 6) is 1.35. The number of para-hydroxylation sites is 1. The zero-order chi connectivity index (χ0) is 19.3. The summed E-state index contributed by atoms with van der Waals surface area (Å²) in [5, 5.41) is 8.48. The molecule has 4 rings (SSSR count).